The van der Waals surface area contributed by atoms with Gasteiger partial charge in [-0.2, -0.15) is 0 Å². The molecular formula is C14H14N2O2. The van der Waals surface area contributed by atoms with Crippen molar-refractivity contribution in [2.75, 3.05) is 13.7 Å². The fraction of sp³-hybridized carbons (Fsp3) is 0.143. The van der Waals surface area contributed by atoms with Gasteiger partial charge in [0.1, 0.15) is 0 Å². The number of amides is 1. The van der Waals surface area contributed by atoms with E-state index in [0.717, 1.165) is 10.9 Å². The SMILES string of the molecule is C=CCNC(=O)c1c(OC)cnc2ccccc12. The van der Waals surface area contributed by atoms with Crippen LogP contribution in [0.2, 0.25) is 0 Å². The van der Waals surface area contributed by atoms with E-state index in [4.69, 9.17) is 4.74 Å². The number of aromatic nitrogens is 1. The molecule has 0 saturated carbocycles. The van der Waals surface area contributed by atoms with E-state index in [2.05, 4.69) is 16.9 Å². The topological polar surface area (TPSA) is 51.2 Å². The Morgan fingerprint density at radius 1 is 1.50 bits per heavy atom. The maximum Gasteiger partial charge on any atom is 0.256 e. The van der Waals surface area contributed by atoms with E-state index in [1.807, 2.05) is 24.3 Å². The van der Waals surface area contributed by atoms with E-state index >= 15 is 0 Å². The van der Waals surface area contributed by atoms with Gasteiger partial charge in [0.15, 0.2) is 5.75 Å². The van der Waals surface area contributed by atoms with Crippen LogP contribution in [-0.2, 0) is 0 Å². The van der Waals surface area contributed by atoms with Gasteiger partial charge in [-0.05, 0) is 6.07 Å². The van der Waals surface area contributed by atoms with Crippen LogP contribution < -0.4 is 10.1 Å². The normalized spacial score (nSPS) is 10.1. The summed E-state index contributed by atoms with van der Waals surface area (Å²) in [6, 6.07) is 7.47. The van der Waals surface area contributed by atoms with Gasteiger partial charge in [0.2, 0.25) is 0 Å². The molecule has 1 N–H and O–H groups in total. The Kier molecular flexibility index (Phi) is 3.57. The molecule has 0 aliphatic rings. The minimum atomic E-state index is -0.189. The Balaban J connectivity index is 2.57. The summed E-state index contributed by atoms with van der Waals surface area (Å²) in [6.07, 6.45) is 3.19. The highest BCUT2D eigenvalue weighted by Crippen LogP contribution is 2.25. The van der Waals surface area contributed by atoms with Crippen molar-refractivity contribution in [2.45, 2.75) is 0 Å². The average molecular weight is 242 g/mol. The second kappa shape index (κ2) is 5.31. The second-order valence-electron chi connectivity index (χ2n) is 3.72. The zero-order valence-electron chi connectivity index (χ0n) is 10.1. The van der Waals surface area contributed by atoms with Gasteiger partial charge in [-0.25, -0.2) is 0 Å². The first kappa shape index (κ1) is 12.1. The van der Waals surface area contributed by atoms with Crippen molar-refractivity contribution in [3.8, 4) is 5.75 Å². The number of carbonyl (C=O) groups excluding carboxylic acids is 1. The highest BCUT2D eigenvalue weighted by Gasteiger charge is 2.16. The number of hydrogen-bond donors (Lipinski definition) is 1. The van der Waals surface area contributed by atoms with E-state index in [1.165, 1.54) is 7.11 Å². The fourth-order valence-corrected chi connectivity index (χ4v) is 1.77. The predicted octanol–water partition coefficient (Wildman–Crippen LogP) is 2.16. The van der Waals surface area contributed by atoms with Gasteiger partial charge in [0.25, 0.3) is 5.91 Å². The molecule has 0 saturated heterocycles. The zero-order valence-corrected chi connectivity index (χ0v) is 10.1. The molecular weight excluding hydrogens is 228 g/mol. The Labute approximate surface area is 105 Å². The summed E-state index contributed by atoms with van der Waals surface area (Å²) < 4.78 is 5.21. The van der Waals surface area contributed by atoms with Crippen LogP contribution in [0.4, 0.5) is 0 Å². The standard InChI is InChI=1S/C14H14N2O2/c1-3-8-15-14(17)13-10-6-4-5-7-11(10)16-9-12(13)18-2/h3-7,9H,1,8H2,2H3,(H,15,17). The van der Waals surface area contributed by atoms with Crippen molar-refractivity contribution in [1.29, 1.82) is 0 Å². The minimum Gasteiger partial charge on any atom is -0.494 e. The summed E-state index contributed by atoms with van der Waals surface area (Å²) in [6.45, 7) is 3.99. The number of benzene rings is 1. The number of carbonyl (C=O) groups is 1. The molecule has 0 aliphatic heterocycles. The van der Waals surface area contributed by atoms with Crippen LogP contribution in [0.3, 0.4) is 0 Å². The summed E-state index contributed by atoms with van der Waals surface area (Å²) in [5.74, 6) is 0.278. The fourth-order valence-electron chi connectivity index (χ4n) is 1.77. The number of para-hydroxylation sites is 1. The third-order valence-corrected chi connectivity index (χ3v) is 2.59. The molecule has 0 bridgehead atoms. The van der Waals surface area contributed by atoms with Crippen molar-refractivity contribution in [1.82, 2.24) is 10.3 Å². The Hall–Kier alpha value is -2.36. The van der Waals surface area contributed by atoms with E-state index in [1.54, 1.807) is 12.3 Å². The van der Waals surface area contributed by atoms with Gasteiger partial charge in [0.05, 0.1) is 24.4 Å². The van der Waals surface area contributed by atoms with Crippen LogP contribution in [0.1, 0.15) is 10.4 Å². The lowest BCUT2D eigenvalue weighted by Gasteiger charge is -2.10. The summed E-state index contributed by atoms with van der Waals surface area (Å²) in [5.41, 5.74) is 1.27. The molecule has 4 nitrogen and oxygen atoms in total. The Morgan fingerprint density at radius 2 is 2.28 bits per heavy atom. The molecule has 18 heavy (non-hydrogen) atoms. The number of pyridine rings is 1. The largest absolute Gasteiger partial charge is 0.494 e. The van der Waals surface area contributed by atoms with Crippen molar-refractivity contribution in [3.63, 3.8) is 0 Å². The number of nitrogens with zero attached hydrogens (tertiary/aromatic N) is 1. The highest BCUT2D eigenvalue weighted by molar-refractivity contribution is 6.08. The molecule has 2 aromatic rings. The minimum absolute atomic E-state index is 0.189. The first-order valence-corrected chi connectivity index (χ1v) is 5.58. The van der Waals surface area contributed by atoms with Crippen molar-refractivity contribution in [3.05, 3.63) is 48.7 Å². The van der Waals surface area contributed by atoms with Crippen LogP contribution in [0.25, 0.3) is 10.9 Å². The monoisotopic (exact) mass is 242 g/mol. The first-order valence-electron chi connectivity index (χ1n) is 5.58. The maximum absolute atomic E-state index is 12.1. The van der Waals surface area contributed by atoms with Crippen LogP contribution in [-0.4, -0.2) is 24.5 Å². The molecule has 1 aromatic carbocycles. The van der Waals surface area contributed by atoms with E-state index in [0.29, 0.717) is 17.9 Å². The van der Waals surface area contributed by atoms with Crippen LogP contribution in [0.15, 0.2) is 43.1 Å². The molecule has 0 radical (unpaired) electrons. The number of fused-ring (bicyclic) bond motifs is 1. The molecule has 92 valence electrons. The second-order valence-corrected chi connectivity index (χ2v) is 3.72. The molecule has 0 fully saturated rings. The smallest absolute Gasteiger partial charge is 0.256 e. The van der Waals surface area contributed by atoms with Crippen molar-refractivity contribution < 1.29 is 9.53 Å². The lowest BCUT2D eigenvalue weighted by molar-refractivity contribution is 0.0956. The summed E-state index contributed by atoms with van der Waals surface area (Å²) >= 11 is 0. The third-order valence-electron chi connectivity index (χ3n) is 2.59. The molecule has 0 atom stereocenters. The van der Waals surface area contributed by atoms with Crippen LogP contribution in [0.5, 0.6) is 5.75 Å². The van der Waals surface area contributed by atoms with Gasteiger partial charge in [0, 0.05) is 11.9 Å². The molecule has 2 rings (SSSR count). The van der Waals surface area contributed by atoms with Crippen LogP contribution in [0, 0.1) is 0 Å². The molecule has 1 amide bonds. The number of ether oxygens (including phenoxy) is 1. The van der Waals surface area contributed by atoms with E-state index in [-0.39, 0.29) is 5.91 Å². The lowest BCUT2D eigenvalue weighted by atomic mass is 10.1. The molecule has 0 unspecified atom stereocenters. The van der Waals surface area contributed by atoms with Gasteiger partial charge >= 0.3 is 0 Å². The van der Waals surface area contributed by atoms with Gasteiger partial charge in [-0.3, -0.25) is 9.78 Å². The predicted molar refractivity (Wildman–Crippen MR) is 70.8 cm³/mol. The van der Waals surface area contributed by atoms with E-state index < -0.39 is 0 Å². The number of rotatable bonds is 4. The molecule has 1 heterocycles. The van der Waals surface area contributed by atoms with Gasteiger partial charge in [-0.1, -0.05) is 24.3 Å². The third kappa shape index (κ3) is 2.18. The number of methoxy groups -OCH3 is 1. The van der Waals surface area contributed by atoms with Crippen molar-refractivity contribution in [2.24, 2.45) is 0 Å². The average Bonchev–Trinajstić information content (AvgIpc) is 2.43. The van der Waals surface area contributed by atoms with Crippen LogP contribution >= 0.6 is 0 Å². The Bertz CT molecular complexity index is 593. The molecule has 0 spiro atoms. The molecule has 4 heteroatoms. The molecule has 1 aromatic heterocycles. The quantitative estimate of drug-likeness (QED) is 0.836. The zero-order chi connectivity index (χ0) is 13.0. The first-order chi connectivity index (χ1) is 8.77. The summed E-state index contributed by atoms with van der Waals surface area (Å²) in [7, 11) is 1.52. The summed E-state index contributed by atoms with van der Waals surface area (Å²) in [4.78, 5) is 16.4. The number of hydrogen-bond acceptors (Lipinski definition) is 3. The molecule has 0 aliphatic carbocycles. The van der Waals surface area contributed by atoms with Gasteiger partial charge in [-0.15, -0.1) is 6.58 Å². The summed E-state index contributed by atoms with van der Waals surface area (Å²) in [5, 5.41) is 3.53. The van der Waals surface area contributed by atoms with Gasteiger partial charge < -0.3 is 10.1 Å². The maximum atomic E-state index is 12.1. The number of nitrogens with one attached hydrogen (secondary N) is 1. The lowest BCUT2D eigenvalue weighted by Crippen LogP contribution is -2.24. The Morgan fingerprint density at radius 3 is 3.00 bits per heavy atom. The van der Waals surface area contributed by atoms with Crippen molar-refractivity contribution >= 4 is 16.8 Å². The van der Waals surface area contributed by atoms with E-state index in [9.17, 15) is 4.79 Å². The highest BCUT2D eigenvalue weighted by atomic mass is 16.5.